The summed E-state index contributed by atoms with van der Waals surface area (Å²) in [6.07, 6.45) is 1.73. The van der Waals surface area contributed by atoms with E-state index >= 15 is 0 Å². The van der Waals surface area contributed by atoms with Crippen molar-refractivity contribution in [2.24, 2.45) is 0 Å². The van der Waals surface area contributed by atoms with Crippen LogP contribution in [0.5, 0.6) is 11.5 Å². The van der Waals surface area contributed by atoms with Crippen LogP contribution in [0.15, 0.2) is 29.8 Å². The summed E-state index contributed by atoms with van der Waals surface area (Å²) >= 11 is 5.44. The molecule has 0 aliphatic rings. The van der Waals surface area contributed by atoms with Crippen LogP contribution in [0.1, 0.15) is 12.5 Å². The molecule has 0 aliphatic heterocycles. The fourth-order valence-electron chi connectivity index (χ4n) is 1.39. The van der Waals surface area contributed by atoms with E-state index < -0.39 is 0 Å². The summed E-state index contributed by atoms with van der Waals surface area (Å²) in [6, 6.07) is 5.90. The maximum Gasteiger partial charge on any atom is 0.161 e. The van der Waals surface area contributed by atoms with Crippen LogP contribution >= 0.6 is 11.6 Å². The van der Waals surface area contributed by atoms with Crippen LogP contribution in [0.3, 0.4) is 0 Å². The van der Waals surface area contributed by atoms with Gasteiger partial charge < -0.3 is 14.8 Å². The van der Waals surface area contributed by atoms with Gasteiger partial charge in [0, 0.05) is 12.1 Å². The highest BCUT2D eigenvalue weighted by atomic mass is 35.5. The van der Waals surface area contributed by atoms with E-state index in [1.54, 1.807) is 13.2 Å². The van der Waals surface area contributed by atoms with E-state index in [0.717, 1.165) is 30.2 Å². The number of hydrogen-bond acceptors (Lipinski definition) is 3. The number of rotatable bonds is 7. The van der Waals surface area contributed by atoms with Crippen molar-refractivity contribution in [2.75, 3.05) is 20.3 Å². The zero-order valence-corrected chi connectivity index (χ0v) is 11.0. The normalized spacial score (nSPS) is 10.8. The van der Waals surface area contributed by atoms with Gasteiger partial charge >= 0.3 is 0 Å². The number of methoxy groups -OCH3 is 1. The van der Waals surface area contributed by atoms with Gasteiger partial charge in [0.25, 0.3) is 0 Å². The Hall–Kier alpha value is -1.19. The molecule has 0 unspecified atom stereocenters. The standard InChI is InChI=1S/C13H18ClNO2/c1-3-15-10-11-5-6-12(16-2)13(9-11)17-8-4-7-14/h4-7,9,15H,3,8,10H2,1-2H3/b7-4+. The van der Waals surface area contributed by atoms with E-state index in [2.05, 4.69) is 12.2 Å². The minimum Gasteiger partial charge on any atom is -0.493 e. The maximum atomic E-state index is 5.57. The SMILES string of the molecule is CCNCc1ccc(OC)c(OC/C=C/Cl)c1. The molecular formula is C13H18ClNO2. The molecule has 0 aliphatic carbocycles. The van der Waals surface area contributed by atoms with Crippen molar-refractivity contribution < 1.29 is 9.47 Å². The van der Waals surface area contributed by atoms with Crippen LogP contribution in [0, 0.1) is 0 Å². The molecule has 4 heteroatoms. The van der Waals surface area contributed by atoms with Gasteiger partial charge in [0.15, 0.2) is 11.5 Å². The molecule has 1 N–H and O–H groups in total. The predicted molar refractivity (Wildman–Crippen MR) is 70.9 cm³/mol. The molecule has 1 rings (SSSR count). The number of benzene rings is 1. The van der Waals surface area contributed by atoms with Gasteiger partial charge in [0.2, 0.25) is 0 Å². The Morgan fingerprint density at radius 1 is 1.35 bits per heavy atom. The second-order valence-corrected chi connectivity index (χ2v) is 3.69. The van der Waals surface area contributed by atoms with E-state index in [4.69, 9.17) is 21.1 Å². The quantitative estimate of drug-likeness (QED) is 0.813. The molecule has 3 nitrogen and oxygen atoms in total. The van der Waals surface area contributed by atoms with Crippen LogP contribution in [0.4, 0.5) is 0 Å². The Kier molecular flexibility index (Phi) is 6.51. The molecule has 1 aromatic rings. The third kappa shape index (κ3) is 4.67. The third-order valence-corrected chi connectivity index (χ3v) is 2.41. The first-order valence-electron chi connectivity index (χ1n) is 5.57. The van der Waals surface area contributed by atoms with Crippen molar-refractivity contribution in [1.29, 1.82) is 0 Å². The van der Waals surface area contributed by atoms with E-state index in [1.165, 1.54) is 5.54 Å². The second-order valence-electron chi connectivity index (χ2n) is 3.44. The van der Waals surface area contributed by atoms with Crippen LogP contribution in [-0.4, -0.2) is 20.3 Å². The molecular weight excluding hydrogens is 238 g/mol. The summed E-state index contributed by atoms with van der Waals surface area (Å²) in [4.78, 5) is 0. The second kappa shape index (κ2) is 7.98. The van der Waals surface area contributed by atoms with Gasteiger partial charge in [-0.3, -0.25) is 0 Å². The smallest absolute Gasteiger partial charge is 0.161 e. The fourth-order valence-corrected chi connectivity index (χ4v) is 1.46. The highest BCUT2D eigenvalue weighted by Gasteiger charge is 2.04. The predicted octanol–water partition coefficient (Wildman–Crippen LogP) is 2.94. The van der Waals surface area contributed by atoms with Gasteiger partial charge in [0.05, 0.1) is 7.11 Å². The molecule has 0 aromatic heterocycles. The maximum absolute atomic E-state index is 5.57. The zero-order chi connectivity index (χ0) is 12.5. The molecule has 0 spiro atoms. The first-order chi connectivity index (χ1) is 8.31. The van der Waals surface area contributed by atoms with Crippen molar-refractivity contribution in [1.82, 2.24) is 5.32 Å². The highest BCUT2D eigenvalue weighted by Crippen LogP contribution is 2.28. The van der Waals surface area contributed by atoms with Crippen molar-refractivity contribution >= 4 is 11.6 Å². The average Bonchev–Trinajstić information content (AvgIpc) is 2.37. The van der Waals surface area contributed by atoms with Gasteiger partial charge in [-0.15, -0.1) is 0 Å². The van der Waals surface area contributed by atoms with Crippen LogP contribution in [-0.2, 0) is 6.54 Å². The van der Waals surface area contributed by atoms with E-state index in [9.17, 15) is 0 Å². The molecule has 0 fully saturated rings. The van der Waals surface area contributed by atoms with Crippen LogP contribution in [0.25, 0.3) is 0 Å². The van der Waals surface area contributed by atoms with Crippen LogP contribution < -0.4 is 14.8 Å². The first-order valence-corrected chi connectivity index (χ1v) is 6.01. The molecule has 1 aromatic carbocycles. The summed E-state index contributed by atoms with van der Waals surface area (Å²) in [5.41, 5.74) is 2.60. The van der Waals surface area contributed by atoms with E-state index in [-0.39, 0.29) is 0 Å². The van der Waals surface area contributed by atoms with E-state index in [0.29, 0.717) is 6.61 Å². The Morgan fingerprint density at radius 3 is 2.82 bits per heavy atom. The number of halogens is 1. The Balaban J connectivity index is 2.74. The average molecular weight is 256 g/mol. The van der Waals surface area contributed by atoms with Crippen molar-refractivity contribution in [3.05, 3.63) is 35.4 Å². The molecule has 17 heavy (non-hydrogen) atoms. The van der Waals surface area contributed by atoms with Gasteiger partial charge in [-0.05, 0) is 30.3 Å². The highest BCUT2D eigenvalue weighted by molar-refractivity contribution is 6.25. The summed E-state index contributed by atoms with van der Waals surface area (Å²) in [5, 5.41) is 3.27. The Bertz CT molecular complexity index is 366. The van der Waals surface area contributed by atoms with Gasteiger partial charge in [-0.25, -0.2) is 0 Å². The zero-order valence-electron chi connectivity index (χ0n) is 10.2. The lowest BCUT2D eigenvalue weighted by Gasteiger charge is -2.11. The minimum atomic E-state index is 0.435. The molecule has 0 atom stereocenters. The van der Waals surface area contributed by atoms with Gasteiger partial charge in [-0.2, -0.15) is 0 Å². The molecule has 0 bridgehead atoms. The summed E-state index contributed by atoms with van der Waals surface area (Å²) < 4.78 is 10.8. The molecule has 0 amide bonds. The van der Waals surface area contributed by atoms with Gasteiger partial charge in [-0.1, -0.05) is 24.6 Å². The number of ether oxygens (including phenoxy) is 2. The molecule has 0 saturated carbocycles. The third-order valence-electron chi connectivity index (χ3n) is 2.23. The summed E-state index contributed by atoms with van der Waals surface area (Å²) in [6.45, 7) is 4.27. The van der Waals surface area contributed by atoms with Crippen molar-refractivity contribution in [3.8, 4) is 11.5 Å². The lowest BCUT2D eigenvalue weighted by atomic mass is 10.2. The summed E-state index contributed by atoms with van der Waals surface area (Å²) in [5.74, 6) is 1.46. The van der Waals surface area contributed by atoms with Crippen LogP contribution in [0.2, 0.25) is 0 Å². The summed E-state index contributed by atoms with van der Waals surface area (Å²) in [7, 11) is 1.63. The molecule has 0 heterocycles. The lowest BCUT2D eigenvalue weighted by Crippen LogP contribution is -2.11. The van der Waals surface area contributed by atoms with Crippen molar-refractivity contribution in [3.63, 3.8) is 0 Å². The Labute approximate surface area is 107 Å². The minimum absolute atomic E-state index is 0.435. The van der Waals surface area contributed by atoms with Gasteiger partial charge in [0.1, 0.15) is 6.61 Å². The number of nitrogens with one attached hydrogen (secondary N) is 1. The van der Waals surface area contributed by atoms with E-state index in [1.807, 2.05) is 18.2 Å². The lowest BCUT2D eigenvalue weighted by molar-refractivity contribution is 0.326. The molecule has 0 radical (unpaired) electrons. The topological polar surface area (TPSA) is 30.5 Å². The molecule has 0 saturated heterocycles. The Morgan fingerprint density at radius 2 is 2.18 bits per heavy atom. The number of hydrogen-bond donors (Lipinski definition) is 1. The van der Waals surface area contributed by atoms with Crippen molar-refractivity contribution in [2.45, 2.75) is 13.5 Å². The molecule has 94 valence electrons. The fraction of sp³-hybridized carbons (Fsp3) is 0.385. The largest absolute Gasteiger partial charge is 0.493 e. The first kappa shape index (κ1) is 13.9. The monoisotopic (exact) mass is 255 g/mol.